The van der Waals surface area contributed by atoms with Crippen LogP contribution >= 0.6 is 0 Å². The van der Waals surface area contributed by atoms with E-state index in [1.807, 2.05) is 35.3 Å². The average molecular weight is 289 g/mol. The number of aromatic nitrogens is 2. The van der Waals surface area contributed by atoms with Gasteiger partial charge in [0.1, 0.15) is 5.75 Å². The van der Waals surface area contributed by atoms with Gasteiger partial charge in [-0.1, -0.05) is 25.1 Å². The van der Waals surface area contributed by atoms with Crippen LogP contribution in [0.25, 0.3) is 0 Å². The van der Waals surface area contributed by atoms with Crippen molar-refractivity contribution in [2.45, 2.75) is 25.9 Å². The maximum Gasteiger partial charge on any atom is 0.124 e. The second kappa shape index (κ2) is 7.69. The van der Waals surface area contributed by atoms with Crippen LogP contribution < -0.4 is 10.1 Å². The SMILES string of the molecule is CCC(Nc1cnn(CCOC)c1)c1ccccc1OC. The molecule has 0 saturated carbocycles. The minimum absolute atomic E-state index is 0.196. The highest BCUT2D eigenvalue weighted by Gasteiger charge is 2.14. The lowest BCUT2D eigenvalue weighted by atomic mass is 10.0. The van der Waals surface area contributed by atoms with E-state index in [1.54, 1.807) is 14.2 Å². The lowest BCUT2D eigenvalue weighted by molar-refractivity contribution is 0.183. The molecule has 1 heterocycles. The number of ether oxygens (including phenoxy) is 2. The minimum atomic E-state index is 0.196. The van der Waals surface area contributed by atoms with Gasteiger partial charge in [-0.05, 0) is 12.5 Å². The van der Waals surface area contributed by atoms with Gasteiger partial charge in [0, 0.05) is 18.9 Å². The van der Waals surface area contributed by atoms with E-state index in [2.05, 4.69) is 23.4 Å². The number of methoxy groups -OCH3 is 2. The molecule has 1 aromatic heterocycles. The molecule has 114 valence electrons. The topological polar surface area (TPSA) is 48.3 Å². The summed E-state index contributed by atoms with van der Waals surface area (Å²) in [5, 5.41) is 7.83. The molecule has 2 aromatic rings. The van der Waals surface area contributed by atoms with Gasteiger partial charge in [-0.25, -0.2) is 0 Å². The summed E-state index contributed by atoms with van der Waals surface area (Å²) in [5.74, 6) is 0.906. The Morgan fingerprint density at radius 3 is 2.81 bits per heavy atom. The normalized spacial score (nSPS) is 12.1. The molecule has 1 N–H and O–H groups in total. The third-order valence-corrected chi connectivity index (χ3v) is 3.42. The fourth-order valence-electron chi connectivity index (χ4n) is 2.30. The van der Waals surface area contributed by atoms with E-state index >= 15 is 0 Å². The quantitative estimate of drug-likeness (QED) is 0.811. The number of hydrogen-bond donors (Lipinski definition) is 1. The molecule has 0 radical (unpaired) electrons. The van der Waals surface area contributed by atoms with E-state index in [-0.39, 0.29) is 6.04 Å². The number of benzene rings is 1. The third-order valence-electron chi connectivity index (χ3n) is 3.42. The first kappa shape index (κ1) is 15.4. The van der Waals surface area contributed by atoms with Gasteiger partial charge < -0.3 is 14.8 Å². The van der Waals surface area contributed by atoms with E-state index in [1.165, 1.54) is 0 Å². The molecule has 0 spiro atoms. The highest BCUT2D eigenvalue weighted by atomic mass is 16.5. The number of hydrogen-bond acceptors (Lipinski definition) is 4. The zero-order chi connectivity index (χ0) is 15.1. The van der Waals surface area contributed by atoms with Crippen LogP contribution in [0.15, 0.2) is 36.7 Å². The number of nitrogens with zero attached hydrogens (tertiary/aromatic N) is 2. The average Bonchev–Trinajstić information content (AvgIpc) is 2.98. The summed E-state index contributed by atoms with van der Waals surface area (Å²) in [6, 6.07) is 8.29. The molecule has 0 saturated heterocycles. The van der Waals surface area contributed by atoms with Crippen molar-refractivity contribution in [2.75, 3.05) is 26.1 Å². The van der Waals surface area contributed by atoms with Gasteiger partial charge in [0.15, 0.2) is 0 Å². The van der Waals surface area contributed by atoms with Crippen molar-refractivity contribution in [1.29, 1.82) is 0 Å². The van der Waals surface area contributed by atoms with Gasteiger partial charge in [0.05, 0.1) is 38.2 Å². The molecule has 5 heteroatoms. The van der Waals surface area contributed by atoms with Crippen molar-refractivity contribution < 1.29 is 9.47 Å². The summed E-state index contributed by atoms with van der Waals surface area (Å²) in [7, 11) is 3.39. The highest BCUT2D eigenvalue weighted by molar-refractivity contribution is 5.45. The van der Waals surface area contributed by atoms with Crippen LogP contribution in [0.5, 0.6) is 5.75 Å². The summed E-state index contributed by atoms with van der Waals surface area (Å²) in [6.07, 6.45) is 4.80. The fourth-order valence-corrected chi connectivity index (χ4v) is 2.30. The summed E-state index contributed by atoms with van der Waals surface area (Å²) in [4.78, 5) is 0. The number of para-hydroxylation sites is 1. The number of anilines is 1. The molecule has 1 unspecified atom stereocenters. The highest BCUT2D eigenvalue weighted by Crippen LogP contribution is 2.29. The van der Waals surface area contributed by atoms with E-state index in [9.17, 15) is 0 Å². The molecule has 21 heavy (non-hydrogen) atoms. The maximum atomic E-state index is 5.45. The first-order valence-electron chi connectivity index (χ1n) is 7.19. The first-order valence-corrected chi connectivity index (χ1v) is 7.19. The van der Waals surface area contributed by atoms with Crippen LogP contribution in [0.4, 0.5) is 5.69 Å². The molecule has 1 atom stereocenters. The van der Waals surface area contributed by atoms with Crippen LogP contribution in [0.3, 0.4) is 0 Å². The van der Waals surface area contributed by atoms with Crippen molar-refractivity contribution >= 4 is 5.69 Å². The lowest BCUT2D eigenvalue weighted by Gasteiger charge is -2.19. The molecular weight excluding hydrogens is 266 g/mol. The fraction of sp³-hybridized carbons (Fsp3) is 0.438. The van der Waals surface area contributed by atoms with Crippen molar-refractivity contribution in [2.24, 2.45) is 0 Å². The summed E-state index contributed by atoms with van der Waals surface area (Å²) < 4.78 is 12.4. The molecule has 0 fully saturated rings. The van der Waals surface area contributed by atoms with Crippen molar-refractivity contribution in [1.82, 2.24) is 9.78 Å². The van der Waals surface area contributed by atoms with Gasteiger partial charge in [-0.2, -0.15) is 5.10 Å². The Kier molecular flexibility index (Phi) is 5.63. The number of nitrogens with one attached hydrogen (secondary N) is 1. The molecule has 0 aliphatic carbocycles. The second-order valence-electron chi connectivity index (χ2n) is 4.83. The van der Waals surface area contributed by atoms with E-state index in [0.717, 1.165) is 30.0 Å². The van der Waals surface area contributed by atoms with Gasteiger partial charge >= 0.3 is 0 Å². The molecular formula is C16H23N3O2. The maximum absolute atomic E-state index is 5.45. The molecule has 0 bridgehead atoms. The number of rotatable bonds is 8. The van der Waals surface area contributed by atoms with Crippen LogP contribution in [0.2, 0.25) is 0 Å². The monoisotopic (exact) mass is 289 g/mol. The Bertz CT molecular complexity index is 554. The zero-order valence-corrected chi connectivity index (χ0v) is 12.9. The van der Waals surface area contributed by atoms with Gasteiger partial charge in [-0.15, -0.1) is 0 Å². The zero-order valence-electron chi connectivity index (χ0n) is 12.9. The Morgan fingerprint density at radius 2 is 2.10 bits per heavy atom. The summed E-state index contributed by atoms with van der Waals surface area (Å²) in [5.41, 5.74) is 2.16. The molecule has 5 nitrogen and oxygen atoms in total. The smallest absolute Gasteiger partial charge is 0.124 e. The molecule has 0 aliphatic heterocycles. The summed E-state index contributed by atoms with van der Waals surface area (Å²) >= 11 is 0. The molecule has 1 aromatic carbocycles. The van der Waals surface area contributed by atoms with Gasteiger partial charge in [0.2, 0.25) is 0 Å². The minimum Gasteiger partial charge on any atom is -0.496 e. The Morgan fingerprint density at radius 1 is 1.29 bits per heavy atom. The van der Waals surface area contributed by atoms with Gasteiger partial charge in [-0.3, -0.25) is 4.68 Å². The molecule has 0 amide bonds. The standard InChI is InChI=1S/C16H23N3O2/c1-4-15(14-7-5-6-8-16(14)21-3)18-13-11-17-19(12-13)9-10-20-2/h5-8,11-12,15,18H,4,9-10H2,1-3H3. The largest absolute Gasteiger partial charge is 0.496 e. The Labute approximate surface area is 125 Å². The van der Waals surface area contributed by atoms with Crippen molar-refractivity contribution in [3.63, 3.8) is 0 Å². The van der Waals surface area contributed by atoms with Crippen molar-refractivity contribution in [3.05, 3.63) is 42.2 Å². The second-order valence-corrected chi connectivity index (χ2v) is 4.83. The van der Waals surface area contributed by atoms with Crippen molar-refractivity contribution in [3.8, 4) is 5.75 Å². The summed E-state index contributed by atoms with van der Waals surface area (Å²) in [6.45, 7) is 3.56. The molecule has 0 aliphatic rings. The van der Waals surface area contributed by atoms with Crippen LogP contribution in [-0.4, -0.2) is 30.6 Å². The Balaban J connectivity index is 2.10. The van der Waals surface area contributed by atoms with E-state index in [0.29, 0.717) is 6.61 Å². The van der Waals surface area contributed by atoms with Gasteiger partial charge in [0.25, 0.3) is 0 Å². The van der Waals surface area contributed by atoms with Crippen LogP contribution in [0, 0.1) is 0 Å². The van der Waals surface area contributed by atoms with Crippen LogP contribution in [0.1, 0.15) is 24.9 Å². The lowest BCUT2D eigenvalue weighted by Crippen LogP contribution is -2.10. The van der Waals surface area contributed by atoms with E-state index in [4.69, 9.17) is 9.47 Å². The van der Waals surface area contributed by atoms with E-state index < -0.39 is 0 Å². The predicted molar refractivity (Wildman–Crippen MR) is 83.8 cm³/mol. The first-order chi connectivity index (χ1) is 10.3. The Hall–Kier alpha value is -2.01. The molecule has 2 rings (SSSR count). The van der Waals surface area contributed by atoms with Crippen LogP contribution in [-0.2, 0) is 11.3 Å². The predicted octanol–water partition coefficient (Wildman–Crippen LogP) is 3.10. The third kappa shape index (κ3) is 3.98.